The van der Waals surface area contributed by atoms with Crippen LogP contribution in [0.4, 0.5) is 0 Å². The monoisotopic (exact) mass is 487 g/mol. The van der Waals surface area contributed by atoms with E-state index in [1.54, 1.807) is 0 Å². The number of morpholine rings is 1. The molecule has 27 heavy (non-hydrogen) atoms. The van der Waals surface area contributed by atoms with Crippen molar-refractivity contribution in [2.75, 3.05) is 60.5 Å². The van der Waals surface area contributed by atoms with Crippen molar-refractivity contribution in [3.63, 3.8) is 0 Å². The van der Waals surface area contributed by atoms with Crippen LogP contribution in [0.2, 0.25) is 0 Å². The fourth-order valence-corrected chi connectivity index (χ4v) is 3.91. The van der Waals surface area contributed by atoms with Gasteiger partial charge in [-0.2, -0.15) is 0 Å². The highest BCUT2D eigenvalue weighted by Gasteiger charge is 2.30. The first-order chi connectivity index (χ1) is 12.7. The lowest BCUT2D eigenvalue weighted by atomic mass is 10.1. The zero-order valence-corrected chi connectivity index (χ0v) is 19.2. The van der Waals surface area contributed by atoms with Crippen LogP contribution < -0.4 is 5.32 Å². The van der Waals surface area contributed by atoms with E-state index in [1.165, 1.54) is 17.5 Å². The van der Waals surface area contributed by atoms with Gasteiger partial charge in [0.1, 0.15) is 0 Å². The lowest BCUT2D eigenvalue weighted by Gasteiger charge is -2.32. The highest BCUT2D eigenvalue weighted by molar-refractivity contribution is 14.0. The zero-order chi connectivity index (χ0) is 18.4. The third-order valence-corrected chi connectivity index (χ3v) is 5.28. The van der Waals surface area contributed by atoms with Gasteiger partial charge in [0.15, 0.2) is 5.96 Å². The van der Waals surface area contributed by atoms with Gasteiger partial charge in [-0.1, -0.05) is 24.3 Å². The lowest BCUT2D eigenvalue weighted by Crippen LogP contribution is -2.46. The smallest absolute Gasteiger partial charge is 0.193 e. The summed E-state index contributed by atoms with van der Waals surface area (Å²) < 4.78 is 5.49. The lowest BCUT2D eigenvalue weighted by molar-refractivity contribution is 0.0195. The second kappa shape index (κ2) is 11.2. The van der Waals surface area contributed by atoms with Crippen LogP contribution in [-0.2, 0) is 17.8 Å². The minimum atomic E-state index is 0. The zero-order valence-electron chi connectivity index (χ0n) is 16.9. The van der Waals surface area contributed by atoms with E-state index >= 15 is 0 Å². The molecule has 1 atom stereocenters. The van der Waals surface area contributed by atoms with Gasteiger partial charge in [-0.3, -0.25) is 9.89 Å². The molecule has 1 unspecified atom stereocenters. The van der Waals surface area contributed by atoms with E-state index in [4.69, 9.17) is 4.74 Å². The molecule has 1 aromatic carbocycles. The number of nitrogens with zero attached hydrogens (tertiary/aromatic N) is 4. The molecule has 0 aliphatic carbocycles. The van der Waals surface area contributed by atoms with Gasteiger partial charge in [0, 0.05) is 52.4 Å². The average molecular weight is 487 g/mol. The highest BCUT2D eigenvalue weighted by atomic mass is 127. The topological polar surface area (TPSA) is 43.3 Å². The number of guanidine groups is 1. The molecule has 3 rings (SSSR count). The number of nitrogens with one attached hydrogen (secondary N) is 1. The highest BCUT2D eigenvalue weighted by Crippen LogP contribution is 2.17. The van der Waals surface area contributed by atoms with Crippen LogP contribution >= 0.6 is 24.0 Å². The molecule has 0 bridgehead atoms. The van der Waals surface area contributed by atoms with Gasteiger partial charge in [0.05, 0.1) is 13.2 Å². The van der Waals surface area contributed by atoms with Crippen LogP contribution in [0.3, 0.4) is 0 Å². The number of halogens is 1. The third-order valence-electron chi connectivity index (χ3n) is 5.28. The molecule has 7 heteroatoms. The summed E-state index contributed by atoms with van der Waals surface area (Å²) in [5.74, 6) is 1.01. The van der Waals surface area contributed by atoms with Crippen molar-refractivity contribution >= 4 is 29.9 Å². The normalized spacial score (nSPS) is 21.4. The van der Waals surface area contributed by atoms with Crippen LogP contribution in [-0.4, -0.2) is 87.2 Å². The Bertz CT molecular complexity index is 604. The van der Waals surface area contributed by atoms with E-state index in [1.807, 2.05) is 7.05 Å². The van der Waals surface area contributed by atoms with Crippen LogP contribution in [0.15, 0.2) is 29.3 Å². The molecule has 2 saturated heterocycles. The Kier molecular flexibility index (Phi) is 9.28. The van der Waals surface area contributed by atoms with Gasteiger partial charge in [-0.25, -0.2) is 0 Å². The molecule has 1 aromatic rings. The molecule has 152 valence electrons. The summed E-state index contributed by atoms with van der Waals surface area (Å²) in [5.41, 5.74) is 2.71. The van der Waals surface area contributed by atoms with Crippen molar-refractivity contribution in [1.82, 2.24) is 20.0 Å². The van der Waals surface area contributed by atoms with Crippen molar-refractivity contribution in [3.8, 4) is 0 Å². The predicted molar refractivity (Wildman–Crippen MR) is 122 cm³/mol. The SMILES string of the molecule is CN=C(NCc1ccccc1CN(C)C)N1CCC(N2CCOCC2)C1.I. The number of benzene rings is 1. The molecular weight excluding hydrogens is 453 g/mol. The molecule has 0 amide bonds. The van der Waals surface area contributed by atoms with Gasteiger partial charge < -0.3 is 19.9 Å². The molecule has 0 radical (unpaired) electrons. The summed E-state index contributed by atoms with van der Waals surface area (Å²) >= 11 is 0. The Morgan fingerprint density at radius 2 is 1.89 bits per heavy atom. The van der Waals surface area contributed by atoms with Crippen molar-refractivity contribution in [2.45, 2.75) is 25.6 Å². The molecule has 0 aromatic heterocycles. The summed E-state index contributed by atoms with van der Waals surface area (Å²) in [6, 6.07) is 9.27. The maximum Gasteiger partial charge on any atom is 0.193 e. The summed E-state index contributed by atoms with van der Waals surface area (Å²) in [5, 5.41) is 3.58. The molecule has 0 saturated carbocycles. The second-order valence-electron chi connectivity index (χ2n) is 7.44. The van der Waals surface area contributed by atoms with Gasteiger partial charge in [-0.15, -0.1) is 24.0 Å². The number of hydrogen-bond donors (Lipinski definition) is 1. The number of hydrogen-bond acceptors (Lipinski definition) is 4. The van der Waals surface area contributed by atoms with Gasteiger partial charge in [0.2, 0.25) is 0 Å². The first kappa shape index (κ1) is 22.4. The fraction of sp³-hybridized carbons (Fsp3) is 0.650. The predicted octanol–water partition coefficient (Wildman–Crippen LogP) is 1.85. The maximum atomic E-state index is 5.49. The van der Waals surface area contributed by atoms with E-state index in [2.05, 4.69) is 63.4 Å². The van der Waals surface area contributed by atoms with Crippen molar-refractivity contribution in [2.24, 2.45) is 4.99 Å². The summed E-state index contributed by atoms with van der Waals surface area (Å²) in [7, 11) is 6.11. The van der Waals surface area contributed by atoms with Crippen LogP contribution in [0.25, 0.3) is 0 Å². The Morgan fingerprint density at radius 1 is 1.19 bits per heavy atom. The Hall–Kier alpha value is -0.900. The average Bonchev–Trinajstić information content (AvgIpc) is 3.14. The van der Waals surface area contributed by atoms with E-state index in [0.717, 1.165) is 58.4 Å². The number of likely N-dealkylation sites (tertiary alicyclic amines) is 1. The number of aliphatic imine (C=N–C) groups is 1. The minimum Gasteiger partial charge on any atom is -0.379 e. The van der Waals surface area contributed by atoms with Gasteiger partial charge in [-0.05, 0) is 31.6 Å². The van der Waals surface area contributed by atoms with E-state index < -0.39 is 0 Å². The Labute approximate surface area is 181 Å². The standard InChI is InChI=1S/C20H33N5O.HI/c1-21-20(22-14-17-6-4-5-7-18(17)15-23(2)3)25-9-8-19(16-25)24-10-12-26-13-11-24;/h4-7,19H,8-16H2,1-3H3,(H,21,22);1H. The third kappa shape index (κ3) is 6.30. The first-order valence-electron chi connectivity index (χ1n) is 9.66. The Balaban J connectivity index is 0.00000261. The molecule has 6 nitrogen and oxygen atoms in total. The van der Waals surface area contributed by atoms with E-state index in [-0.39, 0.29) is 24.0 Å². The number of rotatable bonds is 5. The molecule has 0 spiro atoms. The molecule has 1 N–H and O–H groups in total. The first-order valence-corrected chi connectivity index (χ1v) is 9.66. The minimum absolute atomic E-state index is 0. The summed E-state index contributed by atoms with van der Waals surface area (Å²) in [6.07, 6.45) is 1.21. The molecule has 2 aliphatic rings. The quantitative estimate of drug-likeness (QED) is 0.390. The van der Waals surface area contributed by atoms with Crippen molar-refractivity contribution in [1.29, 1.82) is 0 Å². The van der Waals surface area contributed by atoms with Gasteiger partial charge in [0.25, 0.3) is 0 Å². The second-order valence-corrected chi connectivity index (χ2v) is 7.44. The summed E-state index contributed by atoms with van der Waals surface area (Å²) in [4.78, 5) is 11.7. The van der Waals surface area contributed by atoms with E-state index in [0.29, 0.717) is 6.04 Å². The van der Waals surface area contributed by atoms with Crippen LogP contribution in [0.5, 0.6) is 0 Å². The molecule has 2 heterocycles. The summed E-state index contributed by atoms with van der Waals surface area (Å²) in [6.45, 7) is 7.75. The largest absolute Gasteiger partial charge is 0.379 e. The maximum absolute atomic E-state index is 5.49. The van der Waals surface area contributed by atoms with E-state index in [9.17, 15) is 0 Å². The molecule has 2 fully saturated rings. The van der Waals surface area contributed by atoms with Gasteiger partial charge >= 0.3 is 0 Å². The van der Waals surface area contributed by atoms with Crippen molar-refractivity contribution in [3.05, 3.63) is 35.4 Å². The Morgan fingerprint density at radius 3 is 2.56 bits per heavy atom. The van der Waals surface area contributed by atoms with Crippen molar-refractivity contribution < 1.29 is 4.74 Å². The molecule has 2 aliphatic heterocycles. The van der Waals surface area contributed by atoms with Crippen LogP contribution in [0.1, 0.15) is 17.5 Å². The number of ether oxygens (including phenoxy) is 1. The molecular formula is C20H34IN5O. The fourth-order valence-electron chi connectivity index (χ4n) is 3.91. The van der Waals surface area contributed by atoms with Crippen LogP contribution in [0, 0.1) is 0 Å².